The van der Waals surface area contributed by atoms with Crippen molar-refractivity contribution in [2.24, 2.45) is 0 Å². The first-order valence-corrected chi connectivity index (χ1v) is 8.83. The molecule has 0 aliphatic carbocycles. The molecule has 0 spiro atoms. The van der Waals surface area contributed by atoms with Crippen molar-refractivity contribution in [3.8, 4) is 17.2 Å². The van der Waals surface area contributed by atoms with Crippen LogP contribution in [-0.4, -0.2) is 29.4 Å². The molecule has 3 aromatic rings. The molecule has 1 aromatic heterocycles. The third-order valence-electron chi connectivity index (χ3n) is 3.99. The van der Waals surface area contributed by atoms with Crippen LogP contribution in [0.3, 0.4) is 0 Å². The van der Waals surface area contributed by atoms with Gasteiger partial charge in [-0.3, -0.25) is 4.79 Å². The Kier molecular flexibility index (Phi) is 6.34. The van der Waals surface area contributed by atoms with Gasteiger partial charge < -0.3 is 14.8 Å². The van der Waals surface area contributed by atoms with Gasteiger partial charge in [0.25, 0.3) is 5.91 Å². The maximum absolute atomic E-state index is 13.7. The summed E-state index contributed by atoms with van der Waals surface area (Å²) in [5, 5.41) is 6.20. The van der Waals surface area contributed by atoms with E-state index in [1.807, 2.05) is 0 Å². The van der Waals surface area contributed by atoms with Crippen LogP contribution < -0.4 is 14.8 Å². The Morgan fingerprint density at radius 3 is 2.39 bits per heavy atom. The molecular weight excluding hydrogens is 449 g/mol. The van der Waals surface area contributed by atoms with Crippen molar-refractivity contribution in [3.05, 3.63) is 64.9 Å². The zero-order valence-corrected chi connectivity index (χ0v) is 16.3. The Morgan fingerprint density at radius 1 is 1.13 bits per heavy atom. The molecule has 164 valence electrons. The van der Waals surface area contributed by atoms with Crippen LogP contribution in [0.15, 0.2) is 48.7 Å². The topological polar surface area (TPSA) is 65.4 Å². The first kappa shape index (κ1) is 22.3. The summed E-state index contributed by atoms with van der Waals surface area (Å²) in [4.78, 5) is 12.6. The molecule has 31 heavy (non-hydrogen) atoms. The highest BCUT2D eigenvalue weighted by Gasteiger charge is 2.40. The monoisotopic (exact) mass is 461 g/mol. The van der Waals surface area contributed by atoms with Crippen molar-refractivity contribution < 1.29 is 36.2 Å². The second-order valence-electron chi connectivity index (χ2n) is 5.99. The van der Waals surface area contributed by atoms with Crippen molar-refractivity contribution in [3.63, 3.8) is 0 Å². The number of amides is 1. The lowest BCUT2D eigenvalue weighted by Gasteiger charge is -2.14. The van der Waals surface area contributed by atoms with Crippen LogP contribution in [0.1, 0.15) is 16.1 Å². The molecule has 0 radical (unpaired) electrons. The molecule has 6 nitrogen and oxygen atoms in total. The molecule has 0 unspecified atom stereocenters. The summed E-state index contributed by atoms with van der Waals surface area (Å²) in [6.07, 6.45) is -4.17. The zero-order valence-electron chi connectivity index (χ0n) is 15.6. The number of hydrogen-bond acceptors (Lipinski definition) is 4. The van der Waals surface area contributed by atoms with Gasteiger partial charge in [-0.2, -0.15) is 27.1 Å². The lowest BCUT2D eigenvalue weighted by Crippen LogP contribution is -2.20. The fourth-order valence-corrected chi connectivity index (χ4v) is 2.83. The van der Waals surface area contributed by atoms with E-state index >= 15 is 0 Å². The Balaban J connectivity index is 1.96. The van der Waals surface area contributed by atoms with Crippen LogP contribution in [0, 0.1) is 0 Å². The van der Waals surface area contributed by atoms with E-state index in [9.17, 15) is 26.7 Å². The first-order chi connectivity index (χ1) is 14.6. The number of anilines is 1. The summed E-state index contributed by atoms with van der Waals surface area (Å²) in [6, 6.07) is 8.84. The Labute approximate surface area is 177 Å². The minimum absolute atomic E-state index is 0.0350. The molecule has 0 bridgehead atoms. The van der Waals surface area contributed by atoms with Crippen LogP contribution in [0.4, 0.5) is 27.6 Å². The summed E-state index contributed by atoms with van der Waals surface area (Å²) in [5.41, 5.74) is -2.14. The lowest BCUT2D eigenvalue weighted by atomic mass is 10.2. The Bertz CT molecular complexity index is 1080. The molecule has 1 N–H and O–H groups in total. The zero-order chi connectivity index (χ0) is 22.8. The largest absolute Gasteiger partial charge is 0.493 e. The minimum atomic E-state index is -4.92. The highest BCUT2D eigenvalue weighted by molar-refractivity contribution is 6.30. The minimum Gasteiger partial charge on any atom is -0.493 e. The van der Waals surface area contributed by atoms with Crippen LogP contribution in [-0.2, 0) is 6.18 Å². The number of carbonyl (C=O) groups is 1. The predicted molar refractivity (Wildman–Crippen MR) is 101 cm³/mol. The highest BCUT2D eigenvalue weighted by atomic mass is 35.5. The molecule has 0 fully saturated rings. The molecule has 0 aliphatic rings. The quantitative estimate of drug-likeness (QED) is 0.499. The average molecular weight is 462 g/mol. The lowest BCUT2D eigenvalue weighted by molar-refractivity contribution is -0.143. The molecule has 1 heterocycles. The molecule has 2 aromatic carbocycles. The van der Waals surface area contributed by atoms with E-state index in [0.717, 1.165) is 12.3 Å². The van der Waals surface area contributed by atoms with E-state index in [1.54, 1.807) is 0 Å². The van der Waals surface area contributed by atoms with Gasteiger partial charge in [0.05, 0.1) is 24.6 Å². The van der Waals surface area contributed by atoms with E-state index in [-0.39, 0.29) is 17.1 Å². The van der Waals surface area contributed by atoms with E-state index in [2.05, 4.69) is 15.2 Å². The number of benzene rings is 2. The smallest absolute Gasteiger partial charge is 0.434 e. The molecule has 0 aliphatic heterocycles. The Hall–Kier alpha value is -3.34. The van der Waals surface area contributed by atoms with Crippen molar-refractivity contribution in [2.45, 2.75) is 12.8 Å². The van der Waals surface area contributed by atoms with Crippen molar-refractivity contribution in [1.82, 2.24) is 9.78 Å². The van der Waals surface area contributed by atoms with Gasteiger partial charge in [0.2, 0.25) is 0 Å². The van der Waals surface area contributed by atoms with Gasteiger partial charge in [-0.15, -0.1) is 0 Å². The van der Waals surface area contributed by atoms with Gasteiger partial charge in [0, 0.05) is 16.8 Å². The van der Waals surface area contributed by atoms with Crippen LogP contribution >= 0.6 is 11.6 Å². The van der Waals surface area contributed by atoms with E-state index in [1.165, 1.54) is 43.5 Å². The first-order valence-electron chi connectivity index (χ1n) is 8.45. The summed E-state index contributed by atoms with van der Waals surface area (Å²) < 4.78 is 76.0. The maximum Gasteiger partial charge on any atom is 0.434 e. The number of methoxy groups -OCH3 is 1. The normalized spacial score (nSPS) is 11.5. The van der Waals surface area contributed by atoms with Gasteiger partial charge in [-0.05, 0) is 36.4 Å². The molecule has 0 saturated carbocycles. The van der Waals surface area contributed by atoms with Gasteiger partial charge in [-0.1, -0.05) is 11.6 Å². The van der Waals surface area contributed by atoms with Crippen LogP contribution in [0.5, 0.6) is 11.5 Å². The molecule has 0 atom stereocenters. The van der Waals surface area contributed by atoms with Gasteiger partial charge in [-0.25, -0.2) is 4.68 Å². The number of ether oxygens (including phenoxy) is 2. The third-order valence-corrected chi connectivity index (χ3v) is 4.24. The fraction of sp³-hybridized carbons (Fsp3) is 0.158. The third kappa shape index (κ3) is 5.05. The van der Waals surface area contributed by atoms with Crippen molar-refractivity contribution >= 4 is 23.2 Å². The van der Waals surface area contributed by atoms with Crippen molar-refractivity contribution in [1.29, 1.82) is 0 Å². The number of halogens is 6. The van der Waals surface area contributed by atoms with Gasteiger partial charge in [0.15, 0.2) is 17.2 Å². The highest BCUT2D eigenvalue weighted by Crippen LogP contribution is 2.35. The number of rotatable bonds is 6. The van der Waals surface area contributed by atoms with E-state index in [4.69, 9.17) is 16.3 Å². The molecular formula is C19H13ClF5N3O3. The van der Waals surface area contributed by atoms with Crippen LogP contribution in [0.2, 0.25) is 5.02 Å². The second-order valence-corrected chi connectivity index (χ2v) is 6.43. The Morgan fingerprint density at radius 2 is 1.81 bits per heavy atom. The van der Waals surface area contributed by atoms with Crippen molar-refractivity contribution in [2.75, 3.05) is 12.4 Å². The number of nitrogens with zero attached hydrogens (tertiary/aromatic N) is 2. The summed E-state index contributed by atoms with van der Waals surface area (Å²) >= 11 is 5.76. The summed E-state index contributed by atoms with van der Waals surface area (Å²) in [5.74, 6) is -1.60. The SMILES string of the molecule is COc1ccc(NC(=O)c2cnn(-c3ccc(Cl)cc3)c2C(F)(F)F)cc1OC(F)F. The summed E-state index contributed by atoms with van der Waals surface area (Å²) in [7, 11) is 1.21. The fourth-order valence-electron chi connectivity index (χ4n) is 2.71. The molecule has 3 rings (SSSR count). The number of hydrogen-bond donors (Lipinski definition) is 1. The van der Waals surface area contributed by atoms with Crippen LogP contribution in [0.25, 0.3) is 5.69 Å². The number of alkyl halides is 5. The number of aromatic nitrogens is 2. The van der Waals surface area contributed by atoms with Gasteiger partial charge in [0.1, 0.15) is 0 Å². The second kappa shape index (κ2) is 8.80. The molecule has 12 heteroatoms. The average Bonchev–Trinajstić information content (AvgIpc) is 3.14. The maximum atomic E-state index is 13.7. The molecule has 1 amide bonds. The van der Waals surface area contributed by atoms with E-state index in [0.29, 0.717) is 9.70 Å². The molecule has 0 saturated heterocycles. The summed E-state index contributed by atoms with van der Waals surface area (Å²) in [6.45, 7) is -3.17. The van der Waals surface area contributed by atoms with E-state index < -0.39 is 35.7 Å². The standard InChI is InChI=1S/C19H13ClF5N3O3/c1-30-14-7-4-11(8-15(14)31-18(21)22)27-17(29)13-9-26-28(16(13)19(23,24)25)12-5-2-10(20)3-6-12/h2-9,18H,1H3,(H,27,29). The number of nitrogens with one attached hydrogen (secondary N) is 1. The number of carbonyl (C=O) groups excluding carboxylic acids is 1. The van der Waals surface area contributed by atoms with Gasteiger partial charge >= 0.3 is 12.8 Å². The predicted octanol–water partition coefficient (Wildman–Crippen LogP) is 5.41.